The summed E-state index contributed by atoms with van der Waals surface area (Å²) in [6, 6.07) is 4.37. The standard InChI is InChI=1S/C19H26N2O4S/c22-19(23)16-8-9-17(21-12-4-5-13-21)18(14-16)26(24,25)20-11-10-15-6-2-1-3-7-15/h6,8-9,14,20H,1-5,7,10-13H2,(H,22,23). The first kappa shape index (κ1) is 18.9. The summed E-state index contributed by atoms with van der Waals surface area (Å²) in [5.41, 5.74) is 1.89. The first-order valence-corrected chi connectivity index (χ1v) is 10.8. The summed E-state index contributed by atoms with van der Waals surface area (Å²) in [6.07, 6.45) is 9.42. The number of hydrogen-bond donors (Lipinski definition) is 2. The SMILES string of the molecule is O=C(O)c1ccc(N2CCCC2)c(S(=O)(=O)NCCC2=CCCCC2)c1. The first-order valence-electron chi connectivity index (χ1n) is 9.27. The lowest BCUT2D eigenvalue weighted by atomic mass is 9.97. The van der Waals surface area contributed by atoms with Crippen LogP contribution in [-0.2, 0) is 10.0 Å². The molecule has 1 aromatic carbocycles. The van der Waals surface area contributed by atoms with Crippen LogP contribution in [0.1, 0.15) is 55.3 Å². The Morgan fingerprint density at radius 2 is 1.92 bits per heavy atom. The topological polar surface area (TPSA) is 86.7 Å². The van der Waals surface area contributed by atoms with E-state index in [0.717, 1.165) is 38.8 Å². The molecule has 1 aliphatic carbocycles. The molecule has 0 atom stereocenters. The molecule has 0 spiro atoms. The largest absolute Gasteiger partial charge is 0.478 e. The van der Waals surface area contributed by atoms with Gasteiger partial charge in [0.05, 0.1) is 11.3 Å². The Morgan fingerprint density at radius 1 is 1.15 bits per heavy atom. The van der Waals surface area contributed by atoms with Crippen LogP contribution in [-0.4, -0.2) is 39.1 Å². The molecular formula is C19H26N2O4S. The Morgan fingerprint density at radius 3 is 2.58 bits per heavy atom. The molecule has 2 aliphatic rings. The Hall–Kier alpha value is -1.86. The van der Waals surface area contributed by atoms with E-state index in [1.54, 1.807) is 6.07 Å². The summed E-state index contributed by atoms with van der Waals surface area (Å²) >= 11 is 0. The van der Waals surface area contributed by atoms with E-state index in [2.05, 4.69) is 10.8 Å². The van der Waals surface area contributed by atoms with Gasteiger partial charge in [0.15, 0.2) is 0 Å². The second-order valence-electron chi connectivity index (χ2n) is 6.94. The molecule has 1 saturated heterocycles. The third-order valence-electron chi connectivity index (χ3n) is 5.07. The minimum absolute atomic E-state index is 0.0108. The molecule has 0 saturated carbocycles. The molecular weight excluding hydrogens is 352 g/mol. The van der Waals surface area contributed by atoms with Crippen molar-refractivity contribution < 1.29 is 18.3 Å². The molecule has 1 aromatic rings. The summed E-state index contributed by atoms with van der Waals surface area (Å²) < 4.78 is 28.4. The van der Waals surface area contributed by atoms with Gasteiger partial charge in [-0.1, -0.05) is 11.6 Å². The van der Waals surface area contributed by atoms with Gasteiger partial charge in [-0.2, -0.15) is 0 Å². The molecule has 0 unspecified atom stereocenters. The Balaban J connectivity index is 1.80. The van der Waals surface area contributed by atoms with E-state index in [4.69, 9.17) is 0 Å². The summed E-state index contributed by atoms with van der Waals surface area (Å²) in [4.78, 5) is 13.4. The maximum atomic E-state index is 12.9. The van der Waals surface area contributed by atoms with Gasteiger partial charge >= 0.3 is 5.97 Å². The van der Waals surface area contributed by atoms with Crippen LogP contribution < -0.4 is 9.62 Å². The van der Waals surface area contributed by atoms with E-state index in [1.807, 2.05) is 4.90 Å². The minimum atomic E-state index is -3.77. The van der Waals surface area contributed by atoms with Crippen LogP contribution >= 0.6 is 0 Å². The Labute approximate surface area is 155 Å². The first-order chi connectivity index (χ1) is 12.5. The van der Waals surface area contributed by atoms with Crippen molar-refractivity contribution >= 4 is 21.7 Å². The lowest BCUT2D eigenvalue weighted by Gasteiger charge is -2.22. The number of sulfonamides is 1. The molecule has 1 aliphatic heterocycles. The number of hydrogen-bond acceptors (Lipinski definition) is 4. The van der Waals surface area contributed by atoms with Gasteiger partial charge in [-0.3, -0.25) is 0 Å². The number of anilines is 1. The van der Waals surface area contributed by atoms with Crippen LogP contribution in [0.2, 0.25) is 0 Å². The van der Waals surface area contributed by atoms with Crippen molar-refractivity contribution in [1.82, 2.24) is 4.72 Å². The van der Waals surface area contributed by atoms with E-state index in [9.17, 15) is 18.3 Å². The highest BCUT2D eigenvalue weighted by molar-refractivity contribution is 7.89. The number of nitrogens with one attached hydrogen (secondary N) is 1. The van der Waals surface area contributed by atoms with E-state index in [0.29, 0.717) is 18.7 Å². The van der Waals surface area contributed by atoms with Crippen molar-refractivity contribution in [3.63, 3.8) is 0 Å². The van der Waals surface area contributed by atoms with Gasteiger partial charge in [0.1, 0.15) is 4.90 Å². The number of carboxylic acid groups (broad SMARTS) is 1. The van der Waals surface area contributed by atoms with Gasteiger partial charge in [0.2, 0.25) is 10.0 Å². The van der Waals surface area contributed by atoms with Crippen LogP contribution in [0.4, 0.5) is 5.69 Å². The molecule has 0 aromatic heterocycles. The summed E-state index contributed by atoms with van der Waals surface area (Å²) in [7, 11) is -3.77. The monoisotopic (exact) mass is 378 g/mol. The van der Waals surface area contributed by atoms with Crippen LogP contribution in [0, 0.1) is 0 Å². The minimum Gasteiger partial charge on any atom is -0.478 e. The zero-order chi connectivity index (χ0) is 18.6. The van der Waals surface area contributed by atoms with E-state index in [-0.39, 0.29) is 10.5 Å². The van der Waals surface area contributed by atoms with Crippen molar-refractivity contribution in [2.75, 3.05) is 24.5 Å². The number of aromatic carboxylic acids is 1. The van der Waals surface area contributed by atoms with Gasteiger partial charge in [0, 0.05) is 19.6 Å². The zero-order valence-electron chi connectivity index (χ0n) is 14.9. The lowest BCUT2D eigenvalue weighted by Crippen LogP contribution is -2.28. The molecule has 0 radical (unpaired) electrons. The van der Waals surface area contributed by atoms with Crippen molar-refractivity contribution in [2.45, 2.75) is 49.8 Å². The number of nitrogens with zero attached hydrogens (tertiary/aromatic N) is 1. The molecule has 1 heterocycles. The summed E-state index contributed by atoms with van der Waals surface area (Å²) in [5, 5.41) is 9.24. The van der Waals surface area contributed by atoms with Crippen LogP contribution in [0.25, 0.3) is 0 Å². The second-order valence-corrected chi connectivity index (χ2v) is 8.67. The average Bonchev–Trinajstić information content (AvgIpc) is 3.16. The van der Waals surface area contributed by atoms with Crippen LogP contribution in [0.5, 0.6) is 0 Å². The fourth-order valence-electron chi connectivity index (χ4n) is 3.64. The van der Waals surface area contributed by atoms with Crippen molar-refractivity contribution in [3.8, 4) is 0 Å². The van der Waals surface area contributed by atoms with Gasteiger partial charge in [-0.05, 0) is 63.1 Å². The molecule has 0 bridgehead atoms. The normalized spacial score (nSPS) is 18.0. The maximum absolute atomic E-state index is 12.9. The molecule has 7 heteroatoms. The Bertz CT molecular complexity index is 796. The van der Waals surface area contributed by atoms with E-state index in [1.165, 1.54) is 30.5 Å². The highest BCUT2D eigenvalue weighted by Crippen LogP contribution is 2.29. The number of rotatable bonds is 7. The van der Waals surface area contributed by atoms with Crippen molar-refractivity contribution in [3.05, 3.63) is 35.4 Å². The smallest absolute Gasteiger partial charge is 0.335 e. The van der Waals surface area contributed by atoms with Gasteiger partial charge in [-0.25, -0.2) is 17.9 Å². The predicted molar refractivity (Wildman–Crippen MR) is 101 cm³/mol. The predicted octanol–water partition coefficient (Wildman–Crippen LogP) is 3.15. The molecule has 1 fully saturated rings. The van der Waals surface area contributed by atoms with Gasteiger partial charge < -0.3 is 10.0 Å². The third-order valence-corrected chi connectivity index (χ3v) is 6.56. The number of carboxylic acids is 1. The van der Waals surface area contributed by atoms with Crippen LogP contribution in [0.15, 0.2) is 34.7 Å². The summed E-state index contributed by atoms with van der Waals surface area (Å²) in [5.74, 6) is -1.12. The quantitative estimate of drug-likeness (QED) is 0.712. The highest BCUT2D eigenvalue weighted by Gasteiger charge is 2.25. The molecule has 142 valence electrons. The second kappa shape index (κ2) is 8.22. The van der Waals surface area contributed by atoms with E-state index >= 15 is 0 Å². The number of benzene rings is 1. The third kappa shape index (κ3) is 4.45. The number of allylic oxidation sites excluding steroid dienone is 1. The average molecular weight is 378 g/mol. The highest BCUT2D eigenvalue weighted by atomic mass is 32.2. The molecule has 2 N–H and O–H groups in total. The molecule has 0 amide bonds. The van der Waals surface area contributed by atoms with E-state index < -0.39 is 16.0 Å². The maximum Gasteiger partial charge on any atom is 0.335 e. The lowest BCUT2D eigenvalue weighted by molar-refractivity contribution is 0.0696. The molecule has 26 heavy (non-hydrogen) atoms. The molecule has 6 nitrogen and oxygen atoms in total. The van der Waals surface area contributed by atoms with Crippen molar-refractivity contribution in [2.24, 2.45) is 0 Å². The fraction of sp³-hybridized carbons (Fsp3) is 0.526. The van der Waals surface area contributed by atoms with Crippen molar-refractivity contribution in [1.29, 1.82) is 0 Å². The van der Waals surface area contributed by atoms with Gasteiger partial charge in [-0.15, -0.1) is 0 Å². The fourth-order valence-corrected chi connectivity index (χ4v) is 4.92. The summed E-state index contributed by atoms with van der Waals surface area (Å²) in [6.45, 7) is 1.93. The van der Waals surface area contributed by atoms with Gasteiger partial charge in [0.25, 0.3) is 0 Å². The zero-order valence-corrected chi connectivity index (χ0v) is 15.7. The number of carbonyl (C=O) groups is 1. The molecule has 3 rings (SSSR count). The van der Waals surface area contributed by atoms with Crippen LogP contribution in [0.3, 0.4) is 0 Å². The Kier molecular flexibility index (Phi) is 5.98.